The van der Waals surface area contributed by atoms with Gasteiger partial charge >= 0.3 is 0 Å². The van der Waals surface area contributed by atoms with E-state index >= 15 is 0 Å². The van der Waals surface area contributed by atoms with E-state index in [9.17, 15) is 0 Å². The molecule has 0 amide bonds. The summed E-state index contributed by atoms with van der Waals surface area (Å²) < 4.78 is 0. The quantitative estimate of drug-likeness (QED) is 0.644. The topological polar surface area (TPSA) is 0 Å². The molecule has 0 atom stereocenters. The summed E-state index contributed by atoms with van der Waals surface area (Å²) in [5.41, 5.74) is 3.99. The maximum atomic E-state index is 3.23. The summed E-state index contributed by atoms with van der Waals surface area (Å²) in [4.78, 5) is 1.39. The van der Waals surface area contributed by atoms with Gasteiger partial charge in [0.1, 0.15) is 0 Å². The number of hydrogen-bond acceptors (Lipinski definition) is 2. The molecule has 0 N–H and O–H groups in total. The molecule has 0 nitrogen and oxygen atoms in total. The van der Waals surface area contributed by atoms with Crippen LogP contribution in [-0.4, -0.2) is 0 Å². The fraction of sp³-hybridized carbons (Fsp3) is 0.200. The van der Waals surface area contributed by atoms with Crippen molar-refractivity contribution in [2.75, 3.05) is 0 Å². The second-order valence-electron chi connectivity index (χ2n) is 2.81. The molecule has 0 bridgehead atoms. The van der Waals surface area contributed by atoms with E-state index in [0.29, 0.717) is 0 Å². The highest BCUT2D eigenvalue weighted by Crippen LogP contribution is 2.32. The fourth-order valence-electron chi connectivity index (χ4n) is 1.19. The molecule has 12 heavy (non-hydrogen) atoms. The van der Waals surface area contributed by atoms with Crippen LogP contribution in [0.1, 0.15) is 11.1 Å². The van der Waals surface area contributed by atoms with Crippen LogP contribution < -0.4 is 0 Å². The van der Waals surface area contributed by atoms with Crippen molar-refractivity contribution in [3.8, 4) is 10.4 Å². The Kier molecular flexibility index (Phi) is 2.03. The minimum Gasteiger partial charge on any atom is -0.144 e. The Bertz CT molecular complexity index is 344. The summed E-state index contributed by atoms with van der Waals surface area (Å²) >= 11 is 3.46. The first-order valence-corrected chi connectivity index (χ1v) is 5.55. The summed E-state index contributed by atoms with van der Waals surface area (Å²) in [5.74, 6) is 0. The Labute approximate surface area is 80.5 Å². The molecule has 0 aliphatic rings. The zero-order chi connectivity index (χ0) is 8.55. The van der Waals surface area contributed by atoms with Crippen molar-refractivity contribution >= 4 is 22.7 Å². The van der Waals surface area contributed by atoms with Crippen LogP contribution in [0, 0.1) is 19.2 Å². The van der Waals surface area contributed by atoms with Crippen LogP contribution in [0.25, 0.3) is 10.4 Å². The van der Waals surface area contributed by atoms with E-state index in [1.54, 1.807) is 11.3 Å². The third-order valence-electron chi connectivity index (χ3n) is 1.90. The van der Waals surface area contributed by atoms with Gasteiger partial charge in [-0.05, 0) is 36.4 Å². The summed E-state index contributed by atoms with van der Waals surface area (Å²) in [5, 5.41) is 7.55. The van der Waals surface area contributed by atoms with Gasteiger partial charge in [0.25, 0.3) is 0 Å². The molecule has 0 saturated carbocycles. The highest BCUT2D eigenvalue weighted by atomic mass is 32.1. The first-order valence-electron chi connectivity index (χ1n) is 3.79. The van der Waals surface area contributed by atoms with Crippen molar-refractivity contribution in [3.05, 3.63) is 33.3 Å². The predicted octanol–water partition coefficient (Wildman–Crippen LogP) is 3.89. The lowest BCUT2D eigenvalue weighted by atomic mass is 10.1. The van der Waals surface area contributed by atoms with Crippen LogP contribution in [0.5, 0.6) is 0 Å². The third kappa shape index (κ3) is 1.21. The minimum absolute atomic E-state index is 1.27. The molecule has 2 aromatic heterocycles. The van der Waals surface area contributed by atoms with E-state index in [1.165, 1.54) is 21.6 Å². The van der Waals surface area contributed by atoms with Crippen LogP contribution >= 0.6 is 22.7 Å². The summed E-state index contributed by atoms with van der Waals surface area (Å²) in [7, 11) is 0. The number of rotatable bonds is 1. The summed E-state index contributed by atoms with van der Waals surface area (Å²) in [6.07, 6.45) is 0. The smallest absolute Gasteiger partial charge is 0.0481 e. The van der Waals surface area contributed by atoms with Crippen LogP contribution in [0.4, 0.5) is 0 Å². The maximum Gasteiger partial charge on any atom is 0.0481 e. The average molecular weight is 193 g/mol. The van der Waals surface area contributed by atoms with Gasteiger partial charge in [0.05, 0.1) is 0 Å². The van der Waals surface area contributed by atoms with Crippen LogP contribution in [0.15, 0.2) is 16.8 Å². The van der Waals surface area contributed by atoms with Crippen LogP contribution in [0.3, 0.4) is 0 Å². The van der Waals surface area contributed by atoms with Gasteiger partial charge in [-0.3, -0.25) is 0 Å². The monoisotopic (exact) mass is 193 g/mol. The Morgan fingerprint density at radius 1 is 1.33 bits per heavy atom. The van der Waals surface area contributed by atoms with E-state index in [2.05, 4.69) is 36.1 Å². The van der Waals surface area contributed by atoms with Crippen molar-refractivity contribution < 1.29 is 0 Å². The second-order valence-corrected chi connectivity index (χ2v) is 4.40. The van der Waals surface area contributed by atoms with Gasteiger partial charge in [-0.1, -0.05) is 0 Å². The van der Waals surface area contributed by atoms with Crippen LogP contribution in [0.2, 0.25) is 0 Å². The van der Waals surface area contributed by atoms with E-state index in [-0.39, 0.29) is 0 Å². The molecule has 0 aromatic carbocycles. The van der Waals surface area contributed by atoms with E-state index < -0.39 is 0 Å². The van der Waals surface area contributed by atoms with Crippen molar-refractivity contribution in [2.45, 2.75) is 13.8 Å². The van der Waals surface area contributed by atoms with Gasteiger partial charge in [-0.15, -0.1) is 22.7 Å². The third-order valence-corrected chi connectivity index (χ3v) is 3.73. The molecule has 1 radical (unpaired) electrons. The largest absolute Gasteiger partial charge is 0.144 e. The highest BCUT2D eigenvalue weighted by Gasteiger charge is 2.06. The Hall–Kier alpha value is -0.600. The second kappa shape index (κ2) is 3.04. The molecule has 2 rings (SSSR count). The maximum absolute atomic E-state index is 3.23. The first kappa shape index (κ1) is 8.02. The molecular formula is C10H9S2. The van der Waals surface area contributed by atoms with Gasteiger partial charge < -0.3 is 0 Å². The molecule has 2 heterocycles. The van der Waals surface area contributed by atoms with Crippen molar-refractivity contribution in [1.29, 1.82) is 0 Å². The average Bonchev–Trinajstić information content (AvgIpc) is 2.59. The zero-order valence-corrected chi connectivity index (χ0v) is 8.68. The molecular weight excluding hydrogens is 184 g/mol. The minimum atomic E-state index is 1.27. The lowest BCUT2D eigenvalue weighted by Gasteiger charge is -1.96. The van der Waals surface area contributed by atoms with Gasteiger partial charge in [0.2, 0.25) is 0 Å². The molecule has 2 aromatic rings. The normalized spacial score (nSPS) is 10.5. The molecule has 0 spiro atoms. The van der Waals surface area contributed by atoms with Crippen molar-refractivity contribution in [2.24, 2.45) is 0 Å². The number of thiophene rings is 2. The standard InChI is InChI=1S/C10H9S2/c1-7-3-4-12-10(7)9-6-11-5-8(9)2/h3-4,6H,1-2H3. The molecule has 0 unspecified atom stereocenters. The van der Waals surface area contributed by atoms with Gasteiger partial charge in [-0.25, -0.2) is 0 Å². The SMILES string of the molecule is Cc1[c]scc1-c1sccc1C. The lowest BCUT2D eigenvalue weighted by Crippen LogP contribution is -1.74. The fourth-order valence-corrected chi connectivity index (χ4v) is 3.03. The molecule has 2 heteroatoms. The van der Waals surface area contributed by atoms with Crippen molar-refractivity contribution in [3.63, 3.8) is 0 Å². The number of aryl methyl sites for hydroxylation is 2. The summed E-state index contributed by atoms with van der Waals surface area (Å²) in [6, 6.07) is 2.16. The Morgan fingerprint density at radius 2 is 2.17 bits per heavy atom. The summed E-state index contributed by atoms with van der Waals surface area (Å²) in [6.45, 7) is 4.27. The molecule has 61 valence electrons. The molecule has 0 aliphatic heterocycles. The van der Waals surface area contributed by atoms with Gasteiger partial charge in [-0.2, -0.15) is 0 Å². The molecule has 0 fully saturated rings. The van der Waals surface area contributed by atoms with E-state index in [0.717, 1.165) is 0 Å². The Morgan fingerprint density at radius 3 is 2.67 bits per heavy atom. The van der Waals surface area contributed by atoms with Gasteiger partial charge in [0.15, 0.2) is 0 Å². The first-order chi connectivity index (χ1) is 5.79. The zero-order valence-electron chi connectivity index (χ0n) is 7.05. The van der Waals surface area contributed by atoms with Gasteiger partial charge in [0, 0.05) is 21.2 Å². The molecule has 0 saturated heterocycles. The van der Waals surface area contributed by atoms with E-state index in [1.807, 2.05) is 11.3 Å². The lowest BCUT2D eigenvalue weighted by molar-refractivity contribution is 1.50. The van der Waals surface area contributed by atoms with E-state index in [4.69, 9.17) is 0 Å². The van der Waals surface area contributed by atoms with Crippen molar-refractivity contribution in [1.82, 2.24) is 0 Å². The van der Waals surface area contributed by atoms with Crippen LogP contribution in [-0.2, 0) is 0 Å². The Balaban J connectivity index is 2.57. The molecule has 0 aliphatic carbocycles. The predicted molar refractivity (Wildman–Crippen MR) is 55.9 cm³/mol. The highest BCUT2D eigenvalue weighted by molar-refractivity contribution is 7.14. The number of hydrogen-bond donors (Lipinski definition) is 0.